The third kappa shape index (κ3) is 4.25. The minimum atomic E-state index is 0. The lowest BCUT2D eigenvalue weighted by atomic mass is 9.84. The van der Waals surface area contributed by atoms with Crippen LogP contribution >= 0.6 is 24.8 Å². The van der Waals surface area contributed by atoms with E-state index in [1.807, 2.05) is 0 Å². The Labute approximate surface area is 140 Å². The predicted octanol–water partition coefficient (Wildman–Crippen LogP) is 1.81. The highest BCUT2D eigenvalue weighted by molar-refractivity contribution is 5.85. The van der Waals surface area contributed by atoms with Crippen molar-refractivity contribution in [3.8, 4) is 0 Å². The van der Waals surface area contributed by atoms with Gasteiger partial charge in [0.25, 0.3) is 0 Å². The van der Waals surface area contributed by atoms with Crippen molar-refractivity contribution >= 4 is 30.7 Å². The molecule has 1 aliphatic heterocycles. The number of nitrogens with two attached hydrogens (primary N) is 1. The molecule has 0 aromatic heterocycles. The summed E-state index contributed by atoms with van der Waals surface area (Å²) in [5.41, 5.74) is 6.21. The molecule has 4 nitrogen and oxygen atoms in total. The molecule has 0 aromatic rings. The first-order chi connectivity index (χ1) is 9.25. The van der Waals surface area contributed by atoms with Crippen molar-refractivity contribution in [1.29, 1.82) is 0 Å². The highest BCUT2D eigenvalue weighted by Crippen LogP contribution is 2.47. The van der Waals surface area contributed by atoms with E-state index in [1.54, 1.807) is 0 Å². The van der Waals surface area contributed by atoms with E-state index in [0.717, 1.165) is 13.1 Å². The van der Waals surface area contributed by atoms with Crippen LogP contribution in [0.4, 0.5) is 0 Å². The number of fused-ring (bicyclic) bond motifs is 2. The summed E-state index contributed by atoms with van der Waals surface area (Å²) >= 11 is 0. The quantitative estimate of drug-likeness (QED) is 0.822. The maximum absolute atomic E-state index is 12.3. The summed E-state index contributed by atoms with van der Waals surface area (Å²) in [5, 5.41) is 3.13. The lowest BCUT2D eigenvalue weighted by Crippen LogP contribution is -2.47. The fraction of sp³-hybridized carbons (Fsp3) is 0.933. The molecular formula is C15H29Cl2N3O. The molecule has 3 aliphatic rings. The first-order valence-corrected chi connectivity index (χ1v) is 8.01. The van der Waals surface area contributed by atoms with Gasteiger partial charge in [0.15, 0.2) is 0 Å². The van der Waals surface area contributed by atoms with Gasteiger partial charge in [0.2, 0.25) is 5.91 Å². The SMILES string of the molecule is Cl.Cl.NC1C2CCC(C2)C1C(=O)NCCN1CCCCC1. The van der Waals surface area contributed by atoms with Crippen molar-refractivity contribution in [1.82, 2.24) is 10.2 Å². The molecule has 1 saturated heterocycles. The van der Waals surface area contributed by atoms with Gasteiger partial charge >= 0.3 is 0 Å². The normalized spacial score (nSPS) is 34.9. The van der Waals surface area contributed by atoms with Crippen LogP contribution in [0.1, 0.15) is 38.5 Å². The van der Waals surface area contributed by atoms with Crippen molar-refractivity contribution in [2.45, 2.75) is 44.6 Å². The zero-order chi connectivity index (χ0) is 13.2. The molecule has 0 spiro atoms. The van der Waals surface area contributed by atoms with Crippen LogP contribution in [-0.2, 0) is 4.79 Å². The summed E-state index contributed by atoms with van der Waals surface area (Å²) in [6.07, 6.45) is 7.62. The second-order valence-electron chi connectivity index (χ2n) is 6.63. The van der Waals surface area contributed by atoms with Gasteiger partial charge in [0.05, 0.1) is 5.92 Å². The van der Waals surface area contributed by atoms with Gasteiger partial charge in [-0.2, -0.15) is 0 Å². The topological polar surface area (TPSA) is 58.4 Å². The molecule has 4 unspecified atom stereocenters. The monoisotopic (exact) mass is 337 g/mol. The van der Waals surface area contributed by atoms with E-state index in [9.17, 15) is 4.79 Å². The summed E-state index contributed by atoms with van der Waals surface area (Å²) in [5.74, 6) is 1.50. The van der Waals surface area contributed by atoms with Gasteiger partial charge < -0.3 is 16.0 Å². The van der Waals surface area contributed by atoms with Crippen LogP contribution in [0.3, 0.4) is 0 Å². The van der Waals surface area contributed by atoms with E-state index in [2.05, 4.69) is 10.2 Å². The Bertz CT molecular complexity index is 335. The first kappa shape index (κ1) is 19.0. The molecule has 3 N–H and O–H groups in total. The summed E-state index contributed by atoms with van der Waals surface area (Å²) in [6, 6.07) is 0.119. The van der Waals surface area contributed by atoms with Gasteiger partial charge in [-0.25, -0.2) is 0 Å². The van der Waals surface area contributed by atoms with E-state index < -0.39 is 0 Å². The average Bonchev–Trinajstić information content (AvgIpc) is 3.00. The van der Waals surface area contributed by atoms with E-state index in [4.69, 9.17) is 5.73 Å². The Morgan fingerprint density at radius 3 is 2.38 bits per heavy atom. The van der Waals surface area contributed by atoms with Crippen LogP contribution < -0.4 is 11.1 Å². The third-order valence-electron chi connectivity index (χ3n) is 5.46. The molecule has 3 rings (SSSR count). The lowest BCUT2D eigenvalue weighted by Gasteiger charge is -2.29. The van der Waals surface area contributed by atoms with E-state index in [0.29, 0.717) is 11.8 Å². The van der Waals surface area contributed by atoms with E-state index in [-0.39, 0.29) is 42.7 Å². The molecule has 2 aliphatic carbocycles. The van der Waals surface area contributed by atoms with Crippen molar-refractivity contribution < 1.29 is 4.79 Å². The van der Waals surface area contributed by atoms with E-state index >= 15 is 0 Å². The average molecular weight is 338 g/mol. The molecular weight excluding hydrogens is 309 g/mol. The second-order valence-corrected chi connectivity index (χ2v) is 6.63. The van der Waals surface area contributed by atoms with Gasteiger partial charge in [0.1, 0.15) is 0 Å². The van der Waals surface area contributed by atoms with Crippen molar-refractivity contribution in [2.24, 2.45) is 23.5 Å². The third-order valence-corrected chi connectivity index (χ3v) is 5.46. The number of nitrogens with zero attached hydrogens (tertiary/aromatic N) is 1. The number of piperidine rings is 1. The van der Waals surface area contributed by atoms with Gasteiger partial charge in [-0.1, -0.05) is 6.42 Å². The lowest BCUT2D eigenvalue weighted by molar-refractivity contribution is -0.127. The number of hydrogen-bond donors (Lipinski definition) is 2. The van der Waals surface area contributed by atoms with Crippen molar-refractivity contribution in [3.63, 3.8) is 0 Å². The molecule has 21 heavy (non-hydrogen) atoms. The van der Waals surface area contributed by atoms with Crippen LogP contribution in [0.5, 0.6) is 0 Å². The fourth-order valence-corrected chi connectivity index (χ4v) is 4.36. The smallest absolute Gasteiger partial charge is 0.225 e. The zero-order valence-corrected chi connectivity index (χ0v) is 14.3. The Kier molecular flexibility index (Phi) is 7.75. The highest BCUT2D eigenvalue weighted by Gasteiger charge is 2.48. The van der Waals surface area contributed by atoms with Crippen LogP contribution in [0.15, 0.2) is 0 Å². The Hall–Kier alpha value is -0.0300. The molecule has 4 atom stereocenters. The Balaban J connectivity index is 0.00000110. The molecule has 1 heterocycles. The van der Waals surface area contributed by atoms with Crippen LogP contribution in [0.2, 0.25) is 0 Å². The Morgan fingerprint density at radius 2 is 1.76 bits per heavy atom. The summed E-state index contributed by atoms with van der Waals surface area (Å²) in [6.45, 7) is 4.19. The second kappa shape index (κ2) is 8.56. The van der Waals surface area contributed by atoms with Crippen molar-refractivity contribution in [3.05, 3.63) is 0 Å². The molecule has 3 fully saturated rings. The molecule has 1 amide bonds. The number of rotatable bonds is 4. The number of carbonyl (C=O) groups excluding carboxylic acids is 1. The minimum absolute atomic E-state index is 0. The first-order valence-electron chi connectivity index (χ1n) is 8.01. The number of halogens is 2. The highest BCUT2D eigenvalue weighted by atomic mass is 35.5. The number of likely N-dealkylation sites (tertiary alicyclic amines) is 1. The van der Waals surface area contributed by atoms with Gasteiger partial charge in [-0.05, 0) is 57.0 Å². The zero-order valence-electron chi connectivity index (χ0n) is 12.6. The molecule has 0 aromatic carbocycles. The van der Waals surface area contributed by atoms with Crippen LogP contribution in [0.25, 0.3) is 0 Å². The largest absolute Gasteiger partial charge is 0.355 e. The molecule has 6 heteroatoms. The fourth-order valence-electron chi connectivity index (χ4n) is 4.36. The molecule has 0 radical (unpaired) electrons. The number of carbonyl (C=O) groups is 1. The number of hydrogen-bond acceptors (Lipinski definition) is 3. The minimum Gasteiger partial charge on any atom is -0.355 e. The predicted molar refractivity (Wildman–Crippen MR) is 90.1 cm³/mol. The van der Waals surface area contributed by atoms with Gasteiger partial charge in [0, 0.05) is 19.1 Å². The number of nitrogens with one attached hydrogen (secondary N) is 1. The van der Waals surface area contributed by atoms with E-state index in [1.165, 1.54) is 51.6 Å². The summed E-state index contributed by atoms with van der Waals surface area (Å²) in [4.78, 5) is 14.7. The standard InChI is InChI=1S/C15H27N3O.2ClH/c16-14-12-5-4-11(10-12)13(14)15(19)17-6-9-18-7-2-1-3-8-18;;/h11-14H,1-10,16H2,(H,17,19);2*1H. The molecule has 2 bridgehead atoms. The molecule has 124 valence electrons. The maximum Gasteiger partial charge on any atom is 0.225 e. The number of amides is 1. The van der Waals surface area contributed by atoms with Crippen LogP contribution in [-0.4, -0.2) is 43.0 Å². The molecule has 2 saturated carbocycles. The Morgan fingerprint density at radius 1 is 1.10 bits per heavy atom. The van der Waals surface area contributed by atoms with Gasteiger partial charge in [-0.3, -0.25) is 4.79 Å². The van der Waals surface area contributed by atoms with Crippen molar-refractivity contribution in [2.75, 3.05) is 26.2 Å². The summed E-state index contributed by atoms with van der Waals surface area (Å²) in [7, 11) is 0. The van der Waals surface area contributed by atoms with Gasteiger partial charge in [-0.15, -0.1) is 24.8 Å². The summed E-state index contributed by atoms with van der Waals surface area (Å²) < 4.78 is 0. The maximum atomic E-state index is 12.3. The van der Waals surface area contributed by atoms with Crippen LogP contribution in [0, 0.1) is 17.8 Å².